The second-order valence-corrected chi connectivity index (χ2v) is 17.9. The Morgan fingerprint density at radius 2 is 1.60 bits per heavy atom. The summed E-state index contributed by atoms with van der Waals surface area (Å²) in [7, 11) is -3.04. The zero-order valence-corrected chi connectivity index (χ0v) is 28.5. The number of aliphatic hydroxyl groups is 1. The van der Waals surface area contributed by atoms with Crippen LogP contribution in [0.2, 0.25) is 18.6 Å². The van der Waals surface area contributed by atoms with Crippen molar-refractivity contribution in [1.29, 1.82) is 0 Å². The lowest BCUT2D eigenvalue weighted by atomic mass is 9.82. The molecule has 5 atom stereocenters. The predicted molar refractivity (Wildman–Crippen MR) is 177 cm³/mol. The molecule has 4 fully saturated rings. The standard InChI is InChI=1S/C34H42N4O9Si/c1-21-30(48(2,3)44)28(18-29(40)35-12-4-5-25(35)20-39)47-34(21)26-17-24(37-14-16-46-33(37)43)10-11-27(26)38(31(34)41)19-22-6-8-23(9-7-22)36-13-15-45-32(36)42/h6-11,17,21,25,28,30,39,44H,4-5,12-16,18-20H2,1-3H3/t21-,25-,28+,30-,34+/m0/s1. The SMILES string of the molecule is C[C@H]1[C@H]([Si](C)(C)O)[C@@H](CC(=O)N2CCC[C@H]2CO)O[C@]12C(=O)N(Cc1ccc(N3CCOC3=O)cc1)c1ccc(N3CCOC3=O)cc12. The van der Waals surface area contributed by atoms with Crippen LogP contribution in [0.4, 0.5) is 26.7 Å². The third kappa shape index (κ3) is 5.25. The summed E-state index contributed by atoms with van der Waals surface area (Å²) < 4.78 is 17.2. The highest BCUT2D eigenvalue weighted by molar-refractivity contribution is 6.71. The Labute approximate surface area is 280 Å². The van der Waals surface area contributed by atoms with Gasteiger partial charge in [0.25, 0.3) is 5.91 Å². The van der Waals surface area contributed by atoms with Crippen molar-refractivity contribution in [2.75, 3.05) is 54.2 Å². The van der Waals surface area contributed by atoms with Crippen LogP contribution in [0.5, 0.6) is 0 Å². The van der Waals surface area contributed by atoms with Crippen LogP contribution < -0.4 is 14.7 Å². The summed E-state index contributed by atoms with van der Waals surface area (Å²) in [6, 6.07) is 12.6. The van der Waals surface area contributed by atoms with Crippen LogP contribution in [0, 0.1) is 5.92 Å². The molecule has 0 radical (unpaired) electrons. The zero-order chi connectivity index (χ0) is 34.0. The van der Waals surface area contributed by atoms with E-state index in [1.165, 1.54) is 4.90 Å². The molecule has 48 heavy (non-hydrogen) atoms. The first-order valence-electron chi connectivity index (χ1n) is 16.7. The zero-order valence-electron chi connectivity index (χ0n) is 27.5. The molecule has 4 amide bonds. The summed E-state index contributed by atoms with van der Waals surface area (Å²) in [5, 5.41) is 9.88. The van der Waals surface area contributed by atoms with Gasteiger partial charge in [-0.3, -0.25) is 19.4 Å². The first-order valence-corrected chi connectivity index (χ1v) is 19.7. The molecule has 0 unspecified atom stereocenters. The number of nitrogens with zero attached hydrogens (tertiary/aromatic N) is 4. The summed E-state index contributed by atoms with van der Waals surface area (Å²) in [5.41, 5.74) is 1.32. The molecule has 14 heteroatoms. The number of cyclic esters (lactones) is 2. The van der Waals surface area contributed by atoms with Crippen LogP contribution in [0.25, 0.3) is 0 Å². The molecule has 2 N–H and O–H groups in total. The highest BCUT2D eigenvalue weighted by atomic mass is 28.4. The fourth-order valence-corrected chi connectivity index (χ4v) is 11.0. The maximum atomic E-state index is 14.9. The van der Waals surface area contributed by atoms with Crippen molar-refractivity contribution < 1.29 is 43.3 Å². The van der Waals surface area contributed by atoms with E-state index in [1.807, 2.05) is 56.4 Å². The molecule has 0 aliphatic carbocycles. The van der Waals surface area contributed by atoms with Crippen LogP contribution in [-0.2, 0) is 35.9 Å². The Balaban J connectivity index is 1.26. The smallest absolute Gasteiger partial charge is 0.414 e. The first-order chi connectivity index (χ1) is 22.9. The number of aliphatic hydroxyl groups excluding tert-OH is 1. The lowest BCUT2D eigenvalue weighted by Gasteiger charge is -2.33. The number of fused-ring (bicyclic) bond motifs is 2. The lowest BCUT2D eigenvalue weighted by Crippen LogP contribution is -2.46. The monoisotopic (exact) mass is 678 g/mol. The van der Waals surface area contributed by atoms with E-state index in [1.54, 1.807) is 20.8 Å². The molecule has 13 nitrogen and oxygen atoms in total. The fraction of sp³-hybridized carbons (Fsp3) is 0.529. The van der Waals surface area contributed by atoms with Crippen LogP contribution in [0.3, 0.4) is 0 Å². The van der Waals surface area contributed by atoms with E-state index < -0.39 is 43.7 Å². The Hall–Kier alpha value is -3.98. The van der Waals surface area contributed by atoms with Crippen LogP contribution in [0.1, 0.15) is 37.3 Å². The summed E-state index contributed by atoms with van der Waals surface area (Å²) in [5.74, 6) is -0.970. The molecule has 7 rings (SSSR count). The average molecular weight is 679 g/mol. The number of amides is 4. The Bertz CT molecular complexity index is 1630. The van der Waals surface area contributed by atoms with Gasteiger partial charge in [0, 0.05) is 34.9 Å². The maximum absolute atomic E-state index is 14.9. The van der Waals surface area contributed by atoms with E-state index in [9.17, 15) is 29.1 Å². The van der Waals surface area contributed by atoms with Crippen LogP contribution in [0.15, 0.2) is 42.5 Å². The van der Waals surface area contributed by atoms with Crippen molar-refractivity contribution in [2.24, 2.45) is 5.92 Å². The van der Waals surface area contributed by atoms with Gasteiger partial charge in [-0.15, -0.1) is 0 Å². The number of carbonyl (C=O) groups is 4. The van der Waals surface area contributed by atoms with E-state index in [4.69, 9.17) is 14.2 Å². The van der Waals surface area contributed by atoms with Crippen molar-refractivity contribution in [3.8, 4) is 0 Å². The van der Waals surface area contributed by atoms with Crippen molar-refractivity contribution >= 4 is 49.4 Å². The van der Waals surface area contributed by atoms with Gasteiger partial charge in [0.1, 0.15) is 13.2 Å². The number of hydrogen-bond acceptors (Lipinski definition) is 9. The number of ether oxygens (including phenoxy) is 3. The van der Waals surface area contributed by atoms with Gasteiger partial charge in [0.2, 0.25) is 5.91 Å². The molecule has 0 bridgehead atoms. The third-order valence-corrected chi connectivity index (χ3v) is 13.2. The number of likely N-dealkylation sites (tertiary alicyclic amines) is 1. The van der Waals surface area contributed by atoms with E-state index in [-0.39, 0.29) is 44.0 Å². The normalized spacial score (nSPS) is 28.6. The molecule has 1 spiro atoms. The average Bonchev–Trinajstić information content (AvgIpc) is 3.88. The van der Waals surface area contributed by atoms with Crippen molar-refractivity contribution in [2.45, 2.75) is 69.1 Å². The number of benzene rings is 2. The molecular weight excluding hydrogens is 636 g/mol. The number of carbonyl (C=O) groups excluding carboxylic acids is 4. The molecule has 5 aliphatic heterocycles. The van der Waals surface area contributed by atoms with Crippen LogP contribution >= 0.6 is 0 Å². The molecule has 0 saturated carbocycles. The second-order valence-electron chi connectivity index (χ2n) is 13.9. The van der Waals surface area contributed by atoms with Gasteiger partial charge in [-0.2, -0.15) is 0 Å². The maximum Gasteiger partial charge on any atom is 0.414 e. The van der Waals surface area contributed by atoms with E-state index in [2.05, 4.69) is 0 Å². The third-order valence-electron chi connectivity index (χ3n) is 10.7. The van der Waals surface area contributed by atoms with Gasteiger partial charge >= 0.3 is 12.2 Å². The van der Waals surface area contributed by atoms with E-state index >= 15 is 0 Å². The summed E-state index contributed by atoms with van der Waals surface area (Å²) in [6.45, 7) is 7.60. The van der Waals surface area contributed by atoms with Gasteiger partial charge in [0.15, 0.2) is 13.9 Å². The van der Waals surface area contributed by atoms with Gasteiger partial charge in [-0.25, -0.2) is 9.59 Å². The Morgan fingerprint density at radius 3 is 2.21 bits per heavy atom. The summed E-state index contributed by atoms with van der Waals surface area (Å²) >= 11 is 0. The minimum atomic E-state index is -3.04. The highest BCUT2D eigenvalue weighted by Gasteiger charge is 2.66. The molecule has 256 valence electrons. The number of anilines is 3. The second kappa shape index (κ2) is 12.2. The Kier molecular flexibility index (Phi) is 8.25. The van der Waals surface area contributed by atoms with Crippen molar-refractivity contribution in [1.82, 2.24) is 4.90 Å². The minimum absolute atomic E-state index is 0.0224. The molecule has 4 saturated heterocycles. The largest absolute Gasteiger partial charge is 0.447 e. The summed E-state index contributed by atoms with van der Waals surface area (Å²) in [4.78, 5) is 71.4. The van der Waals surface area contributed by atoms with Crippen molar-refractivity contribution in [3.05, 3.63) is 53.6 Å². The number of rotatable bonds is 8. The fourth-order valence-electron chi connectivity index (χ4n) is 8.45. The lowest BCUT2D eigenvalue weighted by molar-refractivity contribution is -0.150. The Morgan fingerprint density at radius 1 is 0.958 bits per heavy atom. The van der Waals surface area contributed by atoms with E-state index in [0.29, 0.717) is 48.9 Å². The van der Waals surface area contributed by atoms with E-state index in [0.717, 1.165) is 18.4 Å². The van der Waals surface area contributed by atoms with Crippen LogP contribution in [-0.4, -0.2) is 98.7 Å². The highest BCUT2D eigenvalue weighted by Crippen LogP contribution is 2.60. The van der Waals surface area contributed by atoms with Gasteiger partial charge in [-0.1, -0.05) is 19.1 Å². The molecule has 5 aliphatic rings. The molecule has 5 heterocycles. The summed E-state index contributed by atoms with van der Waals surface area (Å²) in [6.07, 6.45) is -0.0991. The molecule has 0 aromatic heterocycles. The quantitative estimate of drug-likeness (QED) is 0.401. The van der Waals surface area contributed by atoms with Gasteiger partial charge < -0.3 is 33.9 Å². The molecular formula is C34H42N4O9Si. The molecule has 2 aromatic carbocycles. The molecule has 2 aromatic rings. The van der Waals surface area contributed by atoms with Crippen molar-refractivity contribution in [3.63, 3.8) is 0 Å². The topological polar surface area (TPSA) is 149 Å². The van der Waals surface area contributed by atoms with Gasteiger partial charge in [0.05, 0.1) is 50.5 Å². The van der Waals surface area contributed by atoms with Gasteiger partial charge in [-0.05, 0) is 61.8 Å². The first kappa shape index (κ1) is 32.6. The minimum Gasteiger partial charge on any atom is -0.447 e. The predicted octanol–water partition coefficient (Wildman–Crippen LogP) is 3.32. The number of hydrogen-bond donors (Lipinski definition) is 2.